The molecule has 3 unspecified atom stereocenters. The van der Waals surface area contributed by atoms with E-state index >= 15 is 0 Å². The number of rotatable bonds is 7. The van der Waals surface area contributed by atoms with Gasteiger partial charge in [0.2, 0.25) is 0 Å². The molecular weight excluding hydrogens is 220 g/mol. The van der Waals surface area contributed by atoms with Gasteiger partial charge in [-0.1, -0.05) is 6.92 Å². The fourth-order valence-electron chi connectivity index (χ4n) is 2.41. The van der Waals surface area contributed by atoms with Gasteiger partial charge in [-0.2, -0.15) is 0 Å². The minimum atomic E-state index is -0.862. The van der Waals surface area contributed by atoms with Gasteiger partial charge in [0.1, 0.15) is 0 Å². The molecule has 0 heterocycles. The lowest BCUT2D eigenvalue weighted by Crippen LogP contribution is -2.23. The molecular formula is C13H22O4. The largest absolute Gasteiger partial charge is 0.502 e. The van der Waals surface area contributed by atoms with Crippen molar-refractivity contribution in [3.63, 3.8) is 0 Å². The molecule has 0 aromatic rings. The van der Waals surface area contributed by atoms with E-state index in [4.69, 9.17) is 9.84 Å². The smallest absolute Gasteiger partial charge is 0.312 e. The van der Waals surface area contributed by atoms with Crippen molar-refractivity contribution in [3.8, 4) is 0 Å². The van der Waals surface area contributed by atoms with Crippen molar-refractivity contribution in [2.24, 2.45) is 17.3 Å². The van der Waals surface area contributed by atoms with E-state index in [2.05, 4.69) is 6.92 Å². The van der Waals surface area contributed by atoms with Crippen molar-refractivity contribution < 1.29 is 19.7 Å². The Kier molecular flexibility index (Phi) is 4.57. The van der Waals surface area contributed by atoms with Crippen LogP contribution in [-0.4, -0.2) is 29.9 Å². The zero-order valence-corrected chi connectivity index (χ0v) is 10.8. The maximum Gasteiger partial charge on any atom is 0.312 e. The summed E-state index contributed by atoms with van der Waals surface area (Å²) in [7, 11) is 1.64. The lowest BCUT2D eigenvalue weighted by Gasteiger charge is -2.14. The molecule has 4 nitrogen and oxygen atoms in total. The summed E-state index contributed by atoms with van der Waals surface area (Å²) in [6, 6.07) is 0. The van der Waals surface area contributed by atoms with Gasteiger partial charge in [0, 0.05) is 0 Å². The number of carboxylic acids is 1. The van der Waals surface area contributed by atoms with Crippen LogP contribution in [0.15, 0.2) is 11.8 Å². The Hall–Kier alpha value is -1.03. The number of carboxylic acid groups (broad SMARTS) is 1. The highest BCUT2D eigenvalue weighted by molar-refractivity contribution is 5.78. The van der Waals surface area contributed by atoms with E-state index in [1.165, 1.54) is 0 Å². The molecule has 1 aliphatic carbocycles. The highest BCUT2D eigenvalue weighted by Crippen LogP contribution is 2.57. The molecule has 1 saturated carbocycles. The van der Waals surface area contributed by atoms with Crippen LogP contribution in [0.3, 0.4) is 0 Å². The molecule has 0 amide bonds. The van der Waals surface area contributed by atoms with Crippen LogP contribution in [0.4, 0.5) is 0 Å². The predicted octanol–water partition coefficient (Wildman–Crippen LogP) is 2.04. The first kappa shape index (κ1) is 14.0. The van der Waals surface area contributed by atoms with Crippen molar-refractivity contribution >= 4 is 5.97 Å². The zero-order chi connectivity index (χ0) is 13.1. The van der Waals surface area contributed by atoms with Crippen molar-refractivity contribution in [3.05, 3.63) is 11.8 Å². The Labute approximate surface area is 102 Å². The summed E-state index contributed by atoms with van der Waals surface area (Å²) in [6.45, 7) is 3.71. The Morgan fingerprint density at radius 2 is 2.29 bits per heavy atom. The fourth-order valence-corrected chi connectivity index (χ4v) is 2.41. The van der Waals surface area contributed by atoms with Gasteiger partial charge in [-0.3, -0.25) is 4.79 Å². The third-order valence-corrected chi connectivity index (χ3v) is 3.90. The summed E-state index contributed by atoms with van der Waals surface area (Å²) < 4.78 is 5.04. The minimum Gasteiger partial charge on any atom is -0.502 e. The summed E-state index contributed by atoms with van der Waals surface area (Å²) in [6.07, 6.45) is 4.44. The Morgan fingerprint density at radius 3 is 2.71 bits per heavy atom. The predicted molar refractivity (Wildman–Crippen MR) is 64.4 cm³/mol. The molecule has 0 bridgehead atoms. The van der Waals surface area contributed by atoms with Crippen LogP contribution in [-0.2, 0) is 9.53 Å². The average molecular weight is 242 g/mol. The molecule has 0 aromatic heterocycles. The molecule has 0 aliphatic heterocycles. The highest BCUT2D eigenvalue weighted by atomic mass is 16.5. The van der Waals surface area contributed by atoms with Gasteiger partial charge < -0.3 is 14.9 Å². The molecule has 4 heteroatoms. The average Bonchev–Trinajstić information content (AvgIpc) is 3.04. The van der Waals surface area contributed by atoms with Crippen molar-refractivity contribution in [2.45, 2.75) is 33.1 Å². The maximum atomic E-state index is 11.1. The SMILES string of the molecule is COC(C)=CCCC(C)C1CC1(CO)C(=O)O. The first-order valence-corrected chi connectivity index (χ1v) is 6.03. The lowest BCUT2D eigenvalue weighted by atomic mass is 9.93. The third-order valence-electron chi connectivity index (χ3n) is 3.90. The Morgan fingerprint density at radius 1 is 1.65 bits per heavy atom. The first-order valence-electron chi connectivity index (χ1n) is 6.03. The topological polar surface area (TPSA) is 66.8 Å². The molecule has 0 aromatic carbocycles. The van der Waals surface area contributed by atoms with Crippen LogP contribution in [0.2, 0.25) is 0 Å². The Bertz CT molecular complexity index is 311. The molecule has 3 atom stereocenters. The number of methoxy groups -OCH3 is 1. The normalized spacial score (nSPS) is 29.9. The van der Waals surface area contributed by atoms with Gasteiger partial charge in [-0.05, 0) is 44.1 Å². The summed E-state index contributed by atoms with van der Waals surface area (Å²) in [4.78, 5) is 11.1. The van der Waals surface area contributed by atoms with Crippen LogP contribution >= 0.6 is 0 Å². The molecule has 1 aliphatic rings. The van der Waals surface area contributed by atoms with Crippen molar-refractivity contribution in [1.29, 1.82) is 0 Å². The molecule has 0 spiro atoms. The summed E-state index contributed by atoms with van der Waals surface area (Å²) >= 11 is 0. The van der Waals surface area contributed by atoms with Crippen LogP contribution in [0.1, 0.15) is 33.1 Å². The molecule has 1 fully saturated rings. The molecule has 1 rings (SSSR count). The first-order chi connectivity index (χ1) is 7.97. The molecule has 17 heavy (non-hydrogen) atoms. The lowest BCUT2D eigenvalue weighted by molar-refractivity contribution is -0.146. The van der Waals surface area contributed by atoms with Gasteiger partial charge in [0.15, 0.2) is 0 Å². The van der Waals surface area contributed by atoms with E-state index in [0.29, 0.717) is 12.3 Å². The van der Waals surface area contributed by atoms with E-state index in [1.807, 2.05) is 13.0 Å². The quantitative estimate of drug-likeness (QED) is 0.670. The number of hydrogen-bond acceptors (Lipinski definition) is 3. The number of carbonyl (C=O) groups is 1. The summed E-state index contributed by atoms with van der Waals surface area (Å²) in [5, 5.41) is 18.3. The molecule has 98 valence electrons. The minimum absolute atomic E-state index is 0.112. The second-order valence-corrected chi connectivity index (χ2v) is 5.00. The van der Waals surface area contributed by atoms with Gasteiger partial charge in [-0.25, -0.2) is 0 Å². The van der Waals surface area contributed by atoms with Crippen LogP contribution in [0, 0.1) is 17.3 Å². The zero-order valence-electron chi connectivity index (χ0n) is 10.8. The van der Waals surface area contributed by atoms with E-state index in [9.17, 15) is 9.90 Å². The van der Waals surface area contributed by atoms with Gasteiger partial charge in [0.25, 0.3) is 0 Å². The van der Waals surface area contributed by atoms with E-state index < -0.39 is 11.4 Å². The molecule has 0 radical (unpaired) electrons. The second kappa shape index (κ2) is 5.54. The highest BCUT2D eigenvalue weighted by Gasteiger charge is 2.61. The van der Waals surface area contributed by atoms with Crippen LogP contribution < -0.4 is 0 Å². The second-order valence-electron chi connectivity index (χ2n) is 5.00. The van der Waals surface area contributed by atoms with Gasteiger partial charge in [-0.15, -0.1) is 0 Å². The van der Waals surface area contributed by atoms with E-state index in [1.54, 1.807) is 7.11 Å². The summed E-state index contributed by atoms with van der Waals surface area (Å²) in [5.41, 5.74) is -0.862. The maximum absolute atomic E-state index is 11.1. The van der Waals surface area contributed by atoms with Gasteiger partial charge in [0.05, 0.1) is 24.9 Å². The molecule has 0 saturated heterocycles. The van der Waals surface area contributed by atoms with Gasteiger partial charge >= 0.3 is 5.97 Å². The van der Waals surface area contributed by atoms with Crippen molar-refractivity contribution in [1.82, 2.24) is 0 Å². The number of aliphatic carboxylic acids is 1. The molecule has 2 N–H and O–H groups in total. The van der Waals surface area contributed by atoms with Crippen molar-refractivity contribution in [2.75, 3.05) is 13.7 Å². The summed E-state index contributed by atoms with van der Waals surface area (Å²) in [5.74, 6) is 0.459. The monoisotopic (exact) mass is 242 g/mol. The number of aliphatic hydroxyl groups is 1. The third kappa shape index (κ3) is 3.00. The Balaban J connectivity index is 2.41. The number of ether oxygens (including phenoxy) is 1. The number of allylic oxidation sites excluding steroid dienone is 2. The standard InChI is InChI=1S/C13H22O4/c1-9(5-4-6-10(2)17-3)11-7-13(11,8-14)12(15)16/h6,9,11,14H,4-5,7-8H2,1-3H3,(H,15,16). The van der Waals surface area contributed by atoms with Crippen LogP contribution in [0.25, 0.3) is 0 Å². The van der Waals surface area contributed by atoms with Crippen LogP contribution in [0.5, 0.6) is 0 Å². The fraction of sp³-hybridized carbons (Fsp3) is 0.769. The number of hydrogen-bond donors (Lipinski definition) is 2. The number of aliphatic hydroxyl groups excluding tert-OH is 1. The van der Waals surface area contributed by atoms with E-state index in [0.717, 1.165) is 18.6 Å². The van der Waals surface area contributed by atoms with E-state index in [-0.39, 0.29) is 12.5 Å².